The normalized spacial score (nSPS) is 22.6. The standard InChI is InChI=1S/C15H14N2O2/c1-17-12(10-16)9-11-5-7-13(8-6-11)19-15-4-2-3-14(15)18/h5-9,14-15,18H,2-4H2/t14-,15-/m0/s1. The van der Waals surface area contributed by atoms with Gasteiger partial charge >= 0.3 is 0 Å². The summed E-state index contributed by atoms with van der Waals surface area (Å²) in [5, 5.41) is 18.4. The van der Waals surface area contributed by atoms with Crippen LogP contribution in [0, 0.1) is 17.9 Å². The number of rotatable bonds is 3. The van der Waals surface area contributed by atoms with Crippen molar-refractivity contribution in [2.24, 2.45) is 0 Å². The molecule has 0 unspecified atom stereocenters. The molecule has 1 fully saturated rings. The first-order valence-electron chi connectivity index (χ1n) is 6.17. The molecule has 2 rings (SSSR count). The van der Waals surface area contributed by atoms with Crippen molar-refractivity contribution >= 4 is 6.08 Å². The molecule has 0 aliphatic heterocycles. The molecule has 4 nitrogen and oxygen atoms in total. The first kappa shape index (κ1) is 13.1. The highest BCUT2D eigenvalue weighted by atomic mass is 16.5. The summed E-state index contributed by atoms with van der Waals surface area (Å²) >= 11 is 0. The molecular weight excluding hydrogens is 240 g/mol. The van der Waals surface area contributed by atoms with Gasteiger partial charge in [-0.25, -0.2) is 10.1 Å². The topological polar surface area (TPSA) is 57.6 Å². The van der Waals surface area contributed by atoms with Gasteiger partial charge in [0.25, 0.3) is 5.70 Å². The molecule has 19 heavy (non-hydrogen) atoms. The Hall–Kier alpha value is -2.30. The van der Waals surface area contributed by atoms with E-state index in [-0.39, 0.29) is 17.9 Å². The van der Waals surface area contributed by atoms with Gasteiger partial charge in [0.15, 0.2) is 0 Å². The Morgan fingerprint density at radius 3 is 2.68 bits per heavy atom. The molecule has 0 saturated heterocycles. The summed E-state index contributed by atoms with van der Waals surface area (Å²) in [5.41, 5.74) is 0.840. The van der Waals surface area contributed by atoms with Gasteiger partial charge in [-0.3, -0.25) is 0 Å². The number of benzene rings is 1. The van der Waals surface area contributed by atoms with Crippen LogP contribution in [0.1, 0.15) is 24.8 Å². The van der Waals surface area contributed by atoms with Crippen LogP contribution in [0.3, 0.4) is 0 Å². The average molecular weight is 254 g/mol. The first-order valence-corrected chi connectivity index (χ1v) is 6.17. The van der Waals surface area contributed by atoms with Crippen LogP contribution in [0.2, 0.25) is 0 Å². The summed E-state index contributed by atoms with van der Waals surface area (Å²) in [6.45, 7) is 6.80. The lowest BCUT2D eigenvalue weighted by Crippen LogP contribution is -2.25. The lowest BCUT2D eigenvalue weighted by molar-refractivity contribution is 0.0604. The van der Waals surface area contributed by atoms with Crippen LogP contribution in [-0.2, 0) is 0 Å². The molecule has 0 aromatic heterocycles. The molecule has 96 valence electrons. The van der Waals surface area contributed by atoms with Crippen molar-refractivity contribution < 1.29 is 9.84 Å². The van der Waals surface area contributed by atoms with Crippen LogP contribution < -0.4 is 4.74 Å². The van der Waals surface area contributed by atoms with E-state index in [1.54, 1.807) is 24.3 Å². The molecule has 1 aromatic rings. The summed E-state index contributed by atoms with van der Waals surface area (Å²) < 4.78 is 5.70. The van der Waals surface area contributed by atoms with E-state index in [2.05, 4.69) is 4.85 Å². The Morgan fingerprint density at radius 1 is 1.42 bits per heavy atom. The predicted molar refractivity (Wildman–Crippen MR) is 70.9 cm³/mol. The van der Waals surface area contributed by atoms with E-state index in [0.717, 1.165) is 24.8 Å². The molecule has 1 N–H and O–H groups in total. The summed E-state index contributed by atoms with van der Waals surface area (Å²) in [4.78, 5) is 3.10. The predicted octanol–water partition coefficient (Wildman–Crippen LogP) is 2.76. The van der Waals surface area contributed by atoms with Gasteiger partial charge < -0.3 is 9.84 Å². The van der Waals surface area contributed by atoms with E-state index in [4.69, 9.17) is 16.6 Å². The van der Waals surface area contributed by atoms with Crippen LogP contribution in [0.5, 0.6) is 5.75 Å². The number of hydrogen-bond acceptors (Lipinski definition) is 3. The highest BCUT2D eigenvalue weighted by molar-refractivity contribution is 5.59. The number of allylic oxidation sites excluding steroid dienone is 1. The SMILES string of the molecule is [C-]#[N+]C(C#N)=Cc1ccc(O[C@H]2CCC[C@@H]2O)cc1. The van der Waals surface area contributed by atoms with E-state index in [1.165, 1.54) is 6.08 Å². The van der Waals surface area contributed by atoms with Crippen molar-refractivity contribution in [3.8, 4) is 11.8 Å². The first-order chi connectivity index (χ1) is 9.22. The van der Waals surface area contributed by atoms with E-state index in [1.807, 2.05) is 6.07 Å². The Kier molecular flexibility index (Phi) is 4.18. The van der Waals surface area contributed by atoms with Gasteiger partial charge in [-0.1, -0.05) is 12.1 Å². The Bertz CT molecular complexity index is 533. The van der Waals surface area contributed by atoms with Crippen molar-refractivity contribution in [2.45, 2.75) is 31.5 Å². The summed E-state index contributed by atoms with van der Waals surface area (Å²) in [7, 11) is 0. The molecule has 0 amide bonds. The third-order valence-corrected chi connectivity index (χ3v) is 3.12. The minimum absolute atomic E-state index is 0.0554. The minimum atomic E-state index is -0.383. The van der Waals surface area contributed by atoms with Gasteiger partial charge in [-0.2, -0.15) is 0 Å². The second-order valence-electron chi connectivity index (χ2n) is 4.48. The number of nitrogens with zero attached hydrogens (tertiary/aromatic N) is 2. The minimum Gasteiger partial charge on any atom is -0.488 e. The number of aliphatic hydroxyl groups excluding tert-OH is 1. The fourth-order valence-electron chi connectivity index (χ4n) is 2.11. The monoisotopic (exact) mass is 254 g/mol. The second kappa shape index (κ2) is 6.04. The fraction of sp³-hybridized carbons (Fsp3) is 0.333. The van der Waals surface area contributed by atoms with E-state index >= 15 is 0 Å². The summed E-state index contributed by atoms with van der Waals surface area (Å²) in [5.74, 6) is 0.699. The zero-order valence-electron chi connectivity index (χ0n) is 10.4. The van der Waals surface area contributed by atoms with E-state index in [9.17, 15) is 5.11 Å². The molecule has 0 radical (unpaired) electrons. The second-order valence-corrected chi connectivity index (χ2v) is 4.48. The maximum absolute atomic E-state index is 9.68. The molecular formula is C15H14N2O2. The van der Waals surface area contributed by atoms with Gasteiger partial charge in [0.2, 0.25) is 0 Å². The third-order valence-electron chi connectivity index (χ3n) is 3.12. The van der Waals surface area contributed by atoms with Gasteiger partial charge in [0.05, 0.1) is 18.7 Å². The third kappa shape index (κ3) is 3.34. The Labute approximate surface area is 112 Å². The maximum atomic E-state index is 9.68. The smallest absolute Gasteiger partial charge is 0.262 e. The molecule has 1 aromatic carbocycles. The van der Waals surface area contributed by atoms with Gasteiger partial charge in [-0.15, -0.1) is 0 Å². The molecule has 1 saturated carbocycles. The zero-order valence-corrected chi connectivity index (χ0v) is 10.4. The zero-order chi connectivity index (χ0) is 13.7. The molecule has 0 heterocycles. The number of aliphatic hydroxyl groups is 1. The van der Waals surface area contributed by atoms with Crippen LogP contribution in [-0.4, -0.2) is 17.3 Å². The lowest BCUT2D eigenvalue weighted by atomic mass is 10.2. The number of nitriles is 1. The van der Waals surface area contributed by atoms with Gasteiger partial charge in [0, 0.05) is 0 Å². The van der Waals surface area contributed by atoms with Crippen LogP contribution in [0.4, 0.5) is 0 Å². The van der Waals surface area contributed by atoms with Crippen molar-refractivity contribution in [3.05, 3.63) is 46.9 Å². The van der Waals surface area contributed by atoms with Crippen molar-refractivity contribution in [1.82, 2.24) is 0 Å². The van der Waals surface area contributed by atoms with Gasteiger partial charge in [-0.05, 0) is 43.0 Å². The highest BCUT2D eigenvalue weighted by Gasteiger charge is 2.26. The molecule has 4 heteroatoms. The van der Waals surface area contributed by atoms with Crippen LogP contribution >= 0.6 is 0 Å². The van der Waals surface area contributed by atoms with Crippen molar-refractivity contribution in [3.63, 3.8) is 0 Å². The van der Waals surface area contributed by atoms with Gasteiger partial charge in [0.1, 0.15) is 11.9 Å². The fourth-order valence-corrected chi connectivity index (χ4v) is 2.11. The number of ether oxygens (including phenoxy) is 1. The van der Waals surface area contributed by atoms with E-state index < -0.39 is 0 Å². The molecule has 1 aliphatic rings. The molecule has 1 aliphatic carbocycles. The Morgan fingerprint density at radius 2 is 2.16 bits per heavy atom. The van der Waals surface area contributed by atoms with Crippen molar-refractivity contribution in [2.75, 3.05) is 0 Å². The quantitative estimate of drug-likeness (QED) is 0.666. The largest absolute Gasteiger partial charge is 0.488 e. The average Bonchev–Trinajstić information content (AvgIpc) is 2.83. The molecule has 0 bridgehead atoms. The molecule has 2 atom stereocenters. The van der Waals surface area contributed by atoms with Crippen LogP contribution in [0.25, 0.3) is 10.9 Å². The lowest BCUT2D eigenvalue weighted by Gasteiger charge is -2.17. The Balaban J connectivity index is 2.05. The van der Waals surface area contributed by atoms with E-state index in [0.29, 0.717) is 5.75 Å². The highest BCUT2D eigenvalue weighted by Crippen LogP contribution is 2.25. The summed E-state index contributed by atoms with van der Waals surface area (Å²) in [6.07, 6.45) is 3.68. The van der Waals surface area contributed by atoms with Crippen LogP contribution in [0.15, 0.2) is 30.0 Å². The van der Waals surface area contributed by atoms with Crippen molar-refractivity contribution in [1.29, 1.82) is 5.26 Å². The summed E-state index contributed by atoms with van der Waals surface area (Å²) in [6, 6.07) is 8.98. The number of hydrogen-bond donors (Lipinski definition) is 1. The maximum Gasteiger partial charge on any atom is 0.262 e. The molecule has 0 spiro atoms.